The van der Waals surface area contributed by atoms with Crippen LogP contribution in [0.1, 0.15) is 36.8 Å². The Hall–Kier alpha value is -2.83. The summed E-state index contributed by atoms with van der Waals surface area (Å²) < 4.78 is 1.78. The molecule has 0 saturated heterocycles. The van der Waals surface area contributed by atoms with E-state index < -0.39 is 0 Å². The number of hydrogen-bond donors (Lipinski definition) is 0. The molecule has 0 N–H and O–H groups in total. The molecule has 128 valence electrons. The second-order valence-corrected chi connectivity index (χ2v) is 6.27. The van der Waals surface area contributed by atoms with Crippen molar-refractivity contribution in [3.8, 4) is 0 Å². The smallest absolute Gasteiger partial charge is 0.162 e. The molecule has 1 aliphatic rings. The molecule has 7 heteroatoms. The van der Waals surface area contributed by atoms with Crippen molar-refractivity contribution in [2.75, 3.05) is 5.01 Å². The number of fused-ring (bicyclic) bond motifs is 1. The Bertz CT molecular complexity index is 900. The molecule has 4 heterocycles. The zero-order valence-corrected chi connectivity index (χ0v) is 14.5. The first-order chi connectivity index (χ1) is 12.3. The predicted molar refractivity (Wildman–Crippen MR) is 96.8 cm³/mol. The fourth-order valence-electron chi connectivity index (χ4n) is 3.31. The van der Waals surface area contributed by atoms with Crippen LogP contribution in [0, 0.1) is 6.92 Å². The highest BCUT2D eigenvalue weighted by molar-refractivity contribution is 5.66. The minimum absolute atomic E-state index is 0.226. The van der Waals surface area contributed by atoms with Crippen LogP contribution in [0.2, 0.25) is 0 Å². The lowest BCUT2D eigenvalue weighted by molar-refractivity contribution is 0.633. The number of aryl methyl sites for hydroxylation is 2. The fourth-order valence-corrected chi connectivity index (χ4v) is 3.31. The molecule has 25 heavy (non-hydrogen) atoms. The van der Waals surface area contributed by atoms with Gasteiger partial charge in [-0.3, -0.25) is 0 Å². The van der Waals surface area contributed by atoms with Gasteiger partial charge in [0.05, 0.1) is 11.7 Å². The van der Waals surface area contributed by atoms with E-state index in [4.69, 9.17) is 0 Å². The molecule has 0 aliphatic carbocycles. The van der Waals surface area contributed by atoms with E-state index >= 15 is 0 Å². The number of anilines is 1. The van der Waals surface area contributed by atoms with E-state index in [1.54, 1.807) is 17.0 Å². The lowest BCUT2D eigenvalue weighted by Gasteiger charge is -2.23. The number of nitrogens with zero attached hydrogens (tertiary/aromatic N) is 7. The molecule has 0 fully saturated rings. The van der Waals surface area contributed by atoms with Crippen molar-refractivity contribution in [1.29, 1.82) is 0 Å². The van der Waals surface area contributed by atoms with Crippen LogP contribution in [0.25, 0.3) is 5.65 Å². The second-order valence-electron chi connectivity index (χ2n) is 6.27. The summed E-state index contributed by atoms with van der Waals surface area (Å²) in [5.74, 6) is 1.65. The number of pyridine rings is 1. The maximum atomic E-state index is 4.69. The van der Waals surface area contributed by atoms with Gasteiger partial charge in [-0.25, -0.2) is 24.5 Å². The molecule has 1 unspecified atom stereocenters. The summed E-state index contributed by atoms with van der Waals surface area (Å²) in [4.78, 5) is 13.7. The fraction of sp³-hybridized carbons (Fsp3) is 0.389. The van der Waals surface area contributed by atoms with Crippen molar-refractivity contribution < 1.29 is 0 Å². The minimum Gasteiger partial charge on any atom is -0.244 e. The largest absolute Gasteiger partial charge is 0.244 e. The molecule has 0 saturated carbocycles. The Labute approximate surface area is 146 Å². The molecule has 3 aromatic rings. The van der Waals surface area contributed by atoms with Gasteiger partial charge in [0.25, 0.3) is 0 Å². The lowest BCUT2D eigenvalue weighted by atomic mass is 10.0. The van der Waals surface area contributed by atoms with E-state index in [1.807, 2.05) is 36.3 Å². The lowest BCUT2D eigenvalue weighted by Crippen LogP contribution is -2.30. The maximum absolute atomic E-state index is 4.69. The second kappa shape index (κ2) is 6.58. The summed E-state index contributed by atoms with van der Waals surface area (Å²) in [5.41, 5.74) is 3.20. The average molecular weight is 335 g/mol. The van der Waals surface area contributed by atoms with E-state index in [9.17, 15) is 0 Å². The number of aromatic nitrogens is 5. The van der Waals surface area contributed by atoms with E-state index in [-0.39, 0.29) is 6.04 Å². The standard InChI is InChI=1S/C18H21N7/c1-3-6-15-16(20-12-24-18(15)22-13(2)23-24)11-14-8-10-21-25(14)17-7-4-5-9-19-17/h4-5,7,9-10,12,14H,3,6,8,11H2,1-2H3. The Morgan fingerprint density at radius 3 is 2.96 bits per heavy atom. The first-order valence-corrected chi connectivity index (χ1v) is 8.68. The van der Waals surface area contributed by atoms with Crippen LogP contribution in [-0.4, -0.2) is 36.8 Å². The highest BCUT2D eigenvalue weighted by Gasteiger charge is 2.25. The molecule has 1 atom stereocenters. The van der Waals surface area contributed by atoms with Crippen molar-refractivity contribution in [2.24, 2.45) is 5.10 Å². The van der Waals surface area contributed by atoms with Crippen molar-refractivity contribution in [3.63, 3.8) is 0 Å². The highest BCUT2D eigenvalue weighted by atomic mass is 15.5. The third-order valence-corrected chi connectivity index (χ3v) is 4.42. The Kier molecular flexibility index (Phi) is 4.13. The van der Waals surface area contributed by atoms with Gasteiger partial charge in [-0.15, -0.1) is 0 Å². The van der Waals surface area contributed by atoms with Crippen LogP contribution in [0.15, 0.2) is 35.8 Å². The van der Waals surface area contributed by atoms with Gasteiger partial charge in [0.2, 0.25) is 0 Å². The zero-order valence-electron chi connectivity index (χ0n) is 14.5. The van der Waals surface area contributed by atoms with Gasteiger partial charge >= 0.3 is 0 Å². The first kappa shape index (κ1) is 15.7. The van der Waals surface area contributed by atoms with Crippen molar-refractivity contribution in [3.05, 3.63) is 47.8 Å². The monoisotopic (exact) mass is 335 g/mol. The van der Waals surface area contributed by atoms with Crippen molar-refractivity contribution >= 4 is 17.7 Å². The number of hydrogen-bond acceptors (Lipinski definition) is 6. The SMILES string of the molecule is CCCc1c(CC2CC=NN2c2ccccn2)ncn2nc(C)nc12. The van der Waals surface area contributed by atoms with E-state index in [1.165, 1.54) is 5.56 Å². The third kappa shape index (κ3) is 2.97. The molecule has 0 bridgehead atoms. The predicted octanol–water partition coefficient (Wildman–Crippen LogP) is 2.59. The molecule has 4 rings (SSSR count). The number of rotatable bonds is 5. The highest BCUT2D eigenvalue weighted by Crippen LogP contribution is 2.24. The van der Waals surface area contributed by atoms with Crippen molar-refractivity contribution in [1.82, 2.24) is 24.6 Å². The Morgan fingerprint density at radius 1 is 1.24 bits per heavy atom. The summed E-state index contributed by atoms with van der Waals surface area (Å²) in [6.07, 6.45) is 9.22. The average Bonchev–Trinajstić information content (AvgIpc) is 3.24. The summed E-state index contributed by atoms with van der Waals surface area (Å²) >= 11 is 0. The molecular weight excluding hydrogens is 314 g/mol. The molecular formula is C18H21N7. The Morgan fingerprint density at radius 2 is 2.16 bits per heavy atom. The maximum Gasteiger partial charge on any atom is 0.162 e. The van der Waals surface area contributed by atoms with Gasteiger partial charge in [0.15, 0.2) is 5.65 Å². The van der Waals surface area contributed by atoms with E-state index in [2.05, 4.69) is 32.1 Å². The van der Waals surface area contributed by atoms with Gasteiger partial charge in [0.1, 0.15) is 18.0 Å². The van der Waals surface area contributed by atoms with Crippen LogP contribution in [0.5, 0.6) is 0 Å². The quantitative estimate of drug-likeness (QED) is 0.716. The first-order valence-electron chi connectivity index (χ1n) is 8.68. The van der Waals surface area contributed by atoms with Crippen LogP contribution in [0.3, 0.4) is 0 Å². The topological polar surface area (TPSA) is 71.6 Å². The van der Waals surface area contributed by atoms with E-state index in [0.29, 0.717) is 0 Å². The summed E-state index contributed by atoms with van der Waals surface area (Å²) in [6, 6.07) is 6.12. The van der Waals surface area contributed by atoms with Crippen LogP contribution in [-0.2, 0) is 12.8 Å². The van der Waals surface area contributed by atoms with Gasteiger partial charge in [-0.2, -0.15) is 10.2 Å². The molecule has 0 amide bonds. The molecule has 3 aromatic heterocycles. The molecule has 7 nitrogen and oxygen atoms in total. The molecule has 0 spiro atoms. The van der Waals surface area contributed by atoms with Crippen LogP contribution < -0.4 is 5.01 Å². The van der Waals surface area contributed by atoms with Gasteiger partial charge in [-0.05, 0) is 25.5 Å². The summed E-state index contributed by atoms with van der Waals surface area (Å²) in [6.45, 7) is 4.09. The van der Waals surface area contributed by atoms with Crippen LogP contribution >= 0.6 is 0 Å². The normalized spacial score (nSPS) is 16.9. The van der Waals surface area contributed by atoms with Gasteiger partial charge in [0, 0.05) is 30.8 Å². The Balaban J connectivity index is 1.67. The van der Waals surface area contributed by atoms with Crippen LogP contribution in [0.4, 0.5) is 5.82 Å². The number of hydrazone groups is 1. The molecule has 0 aromatic carbocycles. The molecule has 1 aliphatic heterocycles. The summed E-state index contributed by atoms with van der Waals surface area (Å²) in [7, 11) is 0. The minimum atomic E-state index is 0.226. The van der Waals surface area contributed by atoms with Gasteiger partial charge in [-0.1, -0.05) is 19.4 Å². The molecule has 0 radical (unpaired) electrons. The van der Waals surface area contributed by atoms with Crippen molar-refractivity contribution in [2.45, 2.75) is 45.6 Å². The van der Waals surface area contributed by atoms with Gasteiger partial charge < -0.3 is 0 Å². The van der Waals surface area contributed by atoms with E-state index in [0.717, 1.165) is 48.7 Å². The summed E-state index contributed by atoms with van der Waals surface area (Å²) in [5, 5.41) is 10.9. The zero-order chi connectivity index (χ0) is 17.2. The third-order valence-electron chi connectivity index (χ3n) is 4.42.